The lowest BCUT2D eigenvalue weighted by molar-refractivity contribution is -0.142. The molecule has 1 aromatic carbocycles. The fourth-order valence-electron chi connectivity index (χ4n) is 2.33. The van der Waals surface area contributed by atoms with Crippen molar-refractivity contribution < 1.29 is 23.8 Å². The van der Waals surface area contributed by atoms with E-state index < -0.39 is 11.9 Å². The molecule has 0 saturated heterocycles. The average molecular weight is 415 g/mol. The topological polar surface area (TPSA) is 111 Å². The van der Waals surface area contributed by atoms with Gasteiger partial charge in [0.15, 0.2) is 16.6 Å². The van der Waals surface area contributed by atoms with Crippen LogP contribution in [0, 0.1) is 11.3 Å². The van der Waals surface area contributed by atoms with Crippen LogP contribution in [0.2, 0.25) is 0 Å². The zero-order chi connectivity index (χ0) is 21.2. The summed E-state index contributed by atoms with van der Waals surface area (Å²) >= 11 is 1.16. The Labute approximate surface area is 172 Å². The number of nitriles is 1. The molecule has 0 atom stereocenters. The fourth-order valence-corrected chi connectivity index (χ4v) is 3.04. The molecule has 1 heterocycles. The first-order valence-electron chi connectivity index (χ1n) is 8.84. The SMILES string of the molecule is CCOC(=O)Cc1csc(NC(=O)/C(C#N)=C/c2ccc(OCC)c(OC)c2)n1. The van der Waals surface area contributed by atoms with Crippen molar-refractivity contribution >= 4 is 34.4 Å². The number of hydrogen-bond donors (Lipinski definition) is 1. The van der Waals surface area contributed by atoms with Gasteiger partial charge in [0.05, 0.1) is 32.4 Å². The van der Waals surface area contributed by atoms with Gasteiger partial charge in [0, 0.05) is 5.38 Å². The number of carbonyl (C=O) groups is 2. The van der Waals surface area contributed by atoms with Gasteiger partial charge in [0.2, 0.25) is 0 Å². The molecule has 152 valence electrons. The van der Waals surface area contributed by atoms with Crippen LogP contribution in [-0.2, 0) is 20.7 Å². The van der Waals surface area contributed by atoms with Gasteiger partial charge in [-0.25, -0.2) is 4.98 Å². The summed E-state index contributed by atoms with van der Waals surface area (Å²) in [6, 6.07) is 6.99. The number of nitrogens with one attached hydrogen (secondary N) is 1. The highest BCUT2D eigenvalue weighted by Crippen LogP contribution is 2.29. The Bertz CT molecular complexity index is 946. The van der Waals surface area contributed by atoms with E-state index >= 15 is 0 Å². The van der Waals surface area contributed by atoms with Crippen molar-refractivity contribution in [3.05, 3.63) is 40.4 Å². The third-order valence-corrected chi connectivity index (χ3v) is 4.37. The van der Waals surface area contributed by atoms with Crippen LogP contribution in [0.3, 0.4) is 0 Å². The van der Waals surface area contributed by atoms with Gasteiger partial charge >= 0.3 is 5.97 Å². The molecule has 0 bridgehead atoms. The fraction of sp³-hybridized carbons (Fsp3) is 0.300. The number of amides is 1. The number of nitrogens with zero attached hydrogens (tertiary/aromatic N) is 2. The van der Waals surface area contributed by atoms with Crippen molar-refractivity contribution in [2.24, 2.45) is 0 Å². The van der Waals surface area contributed by atoms with Gasteiger partial charge in [-0.3, -0.25) is 14.9 Å². The van der Waals surface area contributed by atoms with E-state index in [-0.39, 0.29) is 12.0 Å². The summed E-state index contributed by atoms with van der Waals surface area (Å²) in [5.41, 5.74) is 1.000. The molecular formula is C20H21N3O5S. The number of carbonyl (C=O) groups excluding carboxylic acids is 2. The number of hydrogen-bond acceptors (Lipinski definition) is 8. The number of anilines is 1. The molecule has 0 spiro atoms. The van der Waals surface area contributed by atoms with E-state index in [1.807, 2.05) is 13.0 Å². The quantitative estimate of drug-likeness (QED) is 0.380. The first kappa shape index (κ1) is 21.9. The van der Waals surface area contributed by atoms with Gasteiger partial charge in [0.1, 0.15) is 11.6 Å². The largest absolute Gasteiger partial charge is 0.493 e. The molecule has 29 heavy (non-hydrogen) atoms. The molecule has 9 heteroatoms. The molecule has 8 nitrogen and oxygen atoms in total. The Morgan fingerprint density at radius 1 is 1.28 bits per heavy atom. The highest BCUT2D eigenvalue weighted by Gasteiger charge is 2.14. The molecule has 2 aromatic rings. The van der Waals surface area contributed by atoms with E-state index in [0.717, 1.165) is 11.3 Å². The highest BCUT2D eigenvalue weighted by atomic mass is 32.1. The van der Waals surface area contributed by atoms with Crippen molar-refractivity contribution in [3.8, 4) is 17.6 Å². The zero-order valence-corrected chi connectivity index (χ0v) is 17.2. The van der Waals surface area contributed by atoms with Crippen LogP contribution in [0.15, 0.2) is 29.2 Å². The van der Waals surface area contributed by atoms with Gasteiger partial charge in [-0.2, -0.15) is 5.26 Å². The second kappa shape index (κ2) is 10.8. The van der Waals surface area contributed by atoms with Crippen LogP contribution in [0.1, 0.15) is 25.1 Å². The summed E-state index contributed by atoms with van der Waals surface area (Å²) in [5.74, 6) is 0.0870. The molecule has 1 amide bonds. The Morgan fingerprint density at radius 2 is 2.07 bits per heavy atom. The van der Waals surface area contributed by atoms with Crippen LogP contribution >= 0.6 is 11.3 Å². The van der Waals surface area contributed by atoms with E-state index in [9.17, 15) is 14.9 Å². The predicted octanol–water partition coefficient (Wildman–Crippen LogP) is 3.20. The number of esters is 1. The van der Waals surface area contributed by atoms with Gasteiger partial charge in [-0.1, -0.05) is 6.07 Å². The summed E-state index contributed by atoms with van der Waals surface area (Å²) in [6.07, 6.45) is 1.47. The lowest BCUT2D eigenvalue weighted by atomic mass is 10.1. The Kier molecular flexibility index (Phi) is 8.18. The standard InChI is InChI=1S/C20H21N3O5S/c1-4-27-16-7-6-13(9-17(16)26-3)8-14(11-21)19(25)23-20-22-15(12-29-20)10-18(24)28-5-2/h6-9,12H,4-5,10H2,1-3H3,(H,22,23,25)/b14-8+. The summed E-state index contributed by atoms with van der Waals surface area (Å²) in [6.45, 7) is 4.37. The summed E-state index contributed by atoms with van der Waals surface area (Å²) in [4.78, 5) is 28.1. The molecule has 2 rings (SSSR count). The van der Waals surface area contributed by atoms with Gasteiger partial charge in [-0.15, -0.1) is 11.3 Å². The summed E-state index contributed by atoms with van der Waals surface area (Å²) in [7, 11) is 1.51. The lowest BCUT2D eigenvalue weighted by Crippen LogP contribution is -2.13. The average Bonchev–Trinajstić information content (AvgIpc) is 3.13. The minimum atomic E-state index is -0.600. The Hall–Kier alpha value is -3.38. The highest BCUT2D eigenvalue weighted by molar-refractivity contribution is 7.14. The van der Waals surface area contributed by atoms with E-state index in [1.165, 1.54) is 13.2 Å². The van der Waals surface area contributed by atoms with E-state index in [2.05, 4.69) is 10.3 Å². The van der Waals surface area contributed by atoms with E-state index in [1.54, 1.807) is 30.5 Å². The maximum absolute atomic E-state index is 12.4. The number of methoxy groups -OCH3 is 1. The van der Waals surface area contributed by atoms with Crippen molar-refractivity contribution in [1.29, 1.82) is 5.26 Å². The van der Waals surface area contributed by atoms with Gasteiger partial charge < -0.3 is 14.2 Å². The van der Waals surface area contributed by atoms with Crippen molar-refractivity contribution in [1.82, 2.24) is 4.98 Å². The lowest BCUT2D eigenvalue weighted by Gasteiger charge is -2.09. The number of rotatable bonds is 9. The second-order valence-corrected chi connectivity index (χ2v) is 6.45. The van der Waals surface area contributed by atoms with Crippen LogP contribution in [-0.4, -0.2) is 37.2 Å². The molecule has 0 fully saturated rings. The monoisotopic (exact) mass is 415 g/mol. The molecule has 0 radical (unpaired) electrons. The molecule has 1 N–H and O–H groups in total. The van der Waals surface area contributed by atoms with Crippen LogP contribution in [0.25, 0.3) is 6.08 Å². The number of ether oxygens (including phenoxy) is 3. The predicted molar refractivity (Wildman–Crippen MR) is 109 cm³/mol. The van der Waals surface area contributed by atoms with Crippen molar-refractivity contribution in [3.63, 3.8) is 0 Å². The molecular weight excluding hydrogens is 394 g/mol. The van der Waals surface area contributed by atoms with Crippen LogP contribution in [0.4, 0.5) is 5.13 Å². The maximum atomic E-state index is 12.4. The number of thiazole rings is 1. The molecule has 0 aliphatic heterocycles. The molecule has 0 aliphatic carbocycles. The third-order valence-electron chi connectivity index (χ3n) is 3.57. The molecule has 0 saturated carbocycles. The zero-order valence-electron chi connectivity index (χ0n) is 16.4. The van der Waals surface area contributed by atoms with Crippen molar-refractivity contribution in [2.45, 2.75) is 20.3 Å². The van der Waals surface area contributed by atoms with Crippen molar-refractivity contribution in [2.75, 3.05) is 25.6 Å². The smallest absolute Gasteiger partial charge is 0.311 e. The first-order chi connectivity index (χ1) is 14.0. The molecule has 1 aromatic heterocycles. The normalized spacial score (nSPS) is 10.8. The van der Waals surface area contributed by atoms with E-state index in [4.69, 9.17) is 14.2 Å². The Morgan fingerprint density at radius 3 is 2.72 bits per heavy atom. The minimum Gasteiger partial charge on any atom is -0.493 e. The second-order valence-electron chi connectivity index (χ2n) is 5.59. The first-order valence-corrected chi connectivity index (χ1v) is 9.72. The summed E-state index contributed by atoms with van der Waals surface area (Å²) < 4.78 is 15.6. The van der Waals surface area contributed by atoms with Gasteiger partial charge in [0.25, 0.3) is 5.91 Å². The number of aromatic nitrogens is 1. The van der Waals surface area contributed by atoms with Crippen LogP contribution < -0.4 is 14.8 Å². The Balaban J connectivity index is 2.12. The molecule has 0 unspecified atom stereocenters. The van der Waals surface area contributed by atoms with E-state index in [0.29, 0.717) is 41.1 Å². The maximum Gasteiger partial charge on any atom is 0.311 e. The minimum absolute atomic E-state index is 0.0210. The van der Waals surface area contributed by atoms with Gasteiger partial charge in [-0.05, 0) is 37.6 Å². The molecule has 0 aliphatic rings. The van der Waals surface area contributed by atoms with Crippen LogP contribution in [0.5, 0.6) is 11.5 Å². The number of benzene rings is 1. The summed E-state index contributed by atoms with van der Waals surface area (Å²) in [5, 5.41) is 13.9. The third kappa shape index (κ3) is 6.33.